The molecular weight excluding hydrogens is 579 g/mol. The lowest BCUT2D eigenvalue weighted by Gasteiger charge is -2.49. The van der Waals surface area contributed by atoms with Crippen LogP contribution in [0.15, 0.2) is 78.0 Å². The highest BCUT2D eigenvalue weighted by molar-refractivity contribution is 7.89. The molecule has 2 atom stereocenters. The normalized spacial score (nSPS) is 21.0. The molecule has 4 aromatic rings. The highest BCUT2D eigenvalue weighted by Crippen LogP contribution is 2.48. The molecule has 3 heterocycles. The van der Waals surface area contributed by atoms with E-state index in [2.05, 4.69) is 10.1 Å². The number of alkyl halides is 3. The number of carbonyl (C=O) groups is 1. The second-order valence-electron chi connectivity index (χ2n) is 10.5. The third kappa shape index (κ3) is 4.70. The second-order valence-corrected chi connectivity index (χ2v) is 12.5. The van der Waals surface area contributed by atoms with Crippen molar-refractivity contribution in [3.8, 4) is 5.69 Å². The molecule has 0 bridgehead atoms. The predicted octanol–water partition coefficient (Wildman–Crippen LogP) is 5.24. The van der Waals surface area contributed by atoms with Gasteiger partial charge in [0.05, 0.1) is 27.8 Å². The Kier molecular flexibility index (Phi) is 6.76. The number of nitrogens with zero attached hydrogens (tertiary/aromatic N) is 4. The molecule has 1 saturated heterocycles. The van der Waals surface area contributed by atoms with Crippen LogP contribution >= 0.6 is 0 Å². The van der Waals surface area contributed by atoms with Gasteiger partial charge < -0.3 is 0 Å². The van der Waals surface area contributed by atoms with Gasteiger partial charge in [0, 0.05) is 25.0 Å². The molecule has 42 heavy (non-hydrogen) atoms. The zero-order chi connectivity index (χ0) is 29.9. The van der Waals surface area contributed by atoms with Crippen LogP contribution in [0.3, 0.4) is 0 Å². The highest BCUT2D eigenvalue weighted by Gasteiger charge is 2.54. The molecule has 2 aromatic heterocycles. The Labute approximate surface area is 237 Å². The summed E-state index contributed by atoms with van der Waals surface area (Å²) in [5, 5.41) is 4.47. The van der Waals surface area contributed by atoms with Gasteiger partial charge in [-0.2, -0.15) is 22.6 Å². The third-order valence-corrected chi connectivity index (χ3v) is 10.0. The lowest BCUT2D eigenvalue weighted by atomic mass is 9.60. The fourth-order valence-electron chi connectivity index (χ4n) is 6.08. The number of pyridine rings is 1. The monoisotopic (exact) mass is 602 g/mol. The van der Waals surface area contributed by atoms with E-state index in [1.807, 2.05) is 0 Å². The van der Waals surface area contributed by atoms with Gasteiger partial charge in [-0.05, 0) is 85.3 Å². The van der Waals surface area contributed by atoms with Crippen molar-refractivity contribution in [1.29, 1.82) is 0 Å². The number of piperidine rings is 1. The molecule has 0 spiro atoms. The van der Waals surface area contributed by atoms with Crippen LogP contribution < -0.4 is 0 Å². The Hall–Kier alpha value is -3.97. The summed E-state index contributed by atoms with van der Waals surface area (Å²) in [6, 6.07) is 12.1. The zero-order valence-electron chi connectivity index (χ0n) is 21.9. The molecule has 0 amide bonds. The van der Waals surface area contributed by atoms with Gasteiger partial charge in [0.25, 0.3) is 0 Å². The number of halogens is 5. The van der Waals surface area contributed by atoms with E-state index in [4.69, 9.17) is 0 Å². The van der Waals surface area contributed by atoms with Crippen molar-refractivity contribution in [1.82, 2.24) is 19.1 Å². The van der Waals surface area contributed by atoms with Gasteiger partial charge in [-0.15, -0.1) is 0 Å². The van der Waals surface area contributed by atoms with Gasteiger partial charge >= 0.3 is 6.18 Å². The first kappa shape index (κ1) is 28.2. The molecule has 2 unspecified atom stereocenters. The lowest BCUT2D eigenvalue weighted by molar-refractivity contribution is -0.140. The number of hydrogen-bond donors (Lipinski definition) is 0. The van der Waals surface area contributed by atoms with Gasteiger partial charge in [0.1, 0.15) is 17.3 Å². The number of benzene rings is 2. The topological polar surface area (TPSA) is 85.2 Å². The molecule has 6 rings (SSSR count). The van der Waals surface area contributed by atoms with E-state index in [9.17, 15) is 35.2 Å². The van der Waals surface area contributed by atoms with Crippen LogP contribution in [0, 0.1) is 23.0 Å². The van der Waals surface area contributed by atoms with Crippen LogP contribution in [-0.2, 0) is 29.0 Å². The van der Waals surface area contributed by atoms with Gasteiger partial charge in [-0.25, -0.2) is 21.9 Å². The number of Topliss-reactive ketones (excluding diaryl/α,β-unsaturated/α-hetero) is 1. The van der Waals surface area contributed by atoms with E-state index in [0.29, 0.717) is 29.8 Å². The number of hydrogen-bond acceptors (Lipinski definition) is 5. The van der Waals surface area contributed by atoms with Crippen molar-refractivity contribution < 1.29 is 35.2 Å². The van der Waals surface area contributed by atoms with Gasteiger partial charge in [-0.3, -0.25) is 9.78 Å². The van der Waals surface area contributed by atoms with Gasteiger partial charge in [0.2, 0.25) is 10.0 Å². The number of carbonyl (C=O) groups excluding carboxylic acids is 1. The van der Waals surface area contributed by atoms with E-state index in [0.717, 1.165) is 16.1 Å². The molecule has 218 valence electrons. The fraction of sp³-hybridized carbons (Fsp3) is 0.276. The fourth-order valence-corrected chi connectivity index (χ4v) is 7.61. The molecular formula is C29H23F5N4O3S. The molecule has 7 nitrogen and oxygen atoms in total. The Bertz CT molecular complexity index is 1780. The van der Waals surface area contributed by atoms with Crippen molar-refractivity contribution in [2.24, 2.45) is 11.3 Å². The molecule has 2 aliphatic rings. The number of rotatable bonds is 5. The average Bonchev–Trinajstić information content (AvgIpc) is 3.37. The molecule has 1 aliphatic carbocycles. The van der Waals surface area contributed by atoms with Crippen LogP contribution in [0.4, 0.5) is 22.0 Å². The zero-order valence-corrected chi connectivity index (χ0v) is 22.7. The number of ketones is 1. The molecule has 0 radical (unpaired) electrons. The summed E-state index contributed by atoms with van der Waals surface area (Å²) in [7, 11) is -4.47. The van der Waals surface area contributed by atoms with Gasteiger partial charge in [0.15, 0.2) is 5.78 Å². The minimum absolute atomic E-state index is 0.0348. The summed E-state index contributed by atoms with van der Waals surface area (Å²) in [5.41, 5.74) is -0.535. The number of sulfonamides is 1. The average molecular weight is 603 g/mol. The largest absolute Gasteiger partial charge is 0.419 e. The Morgan fingerprint density at radius 3 is 2.45 bits per heavy atom. The van der Waals surface area contributed by atoms with Crippen LogP contribution in [0.2, 0.25) is 0 Å². The van der Waals surface area contributed by atoms with Crippen LogP contribution in [0.1, 0.15) is 33.7 Å². The maximum atomic E-state index is 14.4. The highest BCUT2D eigenvalue weighted by atomic mass is 32.2. The maximum absolute atomic E-state index is 14.4. The summed E-state index contributed by atoms with van der Waals surface area (Å²) < 4.78 is 97.2. The first-order valence-corrected chi connectivity index (χ1v) is 14.5. The Morgan fingerprint density at radius 1 is 1.02 bits per heavy atom. The lowest BCUT2D eigenvalue weighted by Crippen LogP contribution is -2.57. The maximum Gasteiger partial charge on any atom is 0.419 e. The standard InChI is InChI=1S/C29H23F5N4O3S/c30-20-4-6-21(7-5-20)38-26-13-19-10-12-37(42(40,41)22-8-9-23(24(31)14-22)29(32,33)34)17-28(19,15-18(26)16-36-38)27(39)25-3-1-2-11-35-25/h1-9,11,14,16,19H,10,12-13,15,17H2. The Balaban J connectivity index is 1.40. The Morgan fingerprint density at radius 2 is 1.79 bits per heavy atom. The van der Waals surface area contributed by atoms with Gasteiger partial charge in [-0.1, -0.05) is 6.07 Å². The quantitative estimate of drug-likeness (QED) is 0.230. The van der Waals surface area contributed by atoms with Crippen LogP contribution in [0.25, 0.3) is 5.69 Å². The molecule has 0 saturated carbocycles. The summed E-state index contributed by atoms with van der Waals surface area (Å²) in [5.74, 6) is -2.81. The second kappa shape index (κ2) is 10.1. The van der Waals surface area contributed by atoms with Crippen molar-refractivity contribution in [3.05, 3.63) is 107 Å². The van der Waals surface area contributed by atoms with Crippen molar-refractivity contribution in [3.63, 3.8) is 0 Å². The minimum Gasteiger partial charge on any atom is -0.292 e. The summed E-state index contributed by atoms with van der Waals surface area (Å²) in [6.07, 6.45) is -1.19. The van der Waals surface area contributed by atoms with Crippen LogP contribution in [0.5, 0.6) is 0 Å². The van der Waals surface area contributed by atoms with E-state index in [1.165, 1.54) is 18.3 Å². The molecule has 1 aliphatic heterocycles. The third-order valence-electron chi connectivity index (χ3n) is 8.17. The van der Waals surface area contributed by atoms with Crippen molar-refractivity contribution in [2.75, 3.05) is 13.1 Å². The molecule has 13 heteroatoms. The van der Waals surface area contributed by atoms with E-state index in [-0.39, 0.29) is 43.3 Å². The summed E-state index contributed by atoms with van der Waals surface area (Å²) in [4.78, 5) is 17.7. The van der Waals surface area contributed by atoms with E-state index < -0.39 is 43.7 Å². The summed E-state index contributed by atoms with van der Waals surface area (Å²) >= 11 is 0. The molecule has 2 aromatic carbocycles. The summed E-state index contributed by atoms with van der Waals surface area (Å²) in [6.45, 7) is -0.313. The first-order valence-electron chi connectivity index (χ1n) is 13.0. The van der Waals surface area contributed by atoms with Crippen molar-refractivity contribution >= 4 is 15.8 Å². The SMILES string of the molecule is O=C(c1ccccn1)C12Cc3cnn(-c4ccc(F)cc4)c3CC1CCN(S(=O)(=O)c1ccc(C(F)(F)F)c(F)c1)C2. The number of fused-ring (bicyclic) bond motifs is 2. The predicted molar refractivity (Wildman–Crippen MR) is 140 cm³/mol. The number of aromatic nitrogens is 3. The smallest absolute Gasteiger partial charge is 0.292 e. The molecule has 0 N–H and O–H groups in total. The van der Waals surface area contributed by atoms with Crippen LogP contribution in [-0.4, -0.2) is 46.4 Å². The first-order chi connectivity index (χ1) is 19.9. The minimum atomic E-state index is -4.98. The molecule has 1 fully saturated rings. The van der Waals surface area contributed by atoms with E-state index >= 15 is 0 Å². The van der Waals surface area contributed by atoms with Crippen molar-refractivity contribution in [2.45, 2.75) is 30.3 Å². The van der Waals surface area contributed by atoms with E-state index in [1.54, 1.807) is 41.2 Å².